The third-order valence-electron chi connectivity index (χ3n) is 5.90. The van der Waals surface area contributed by atoms with E-state index in [0.717, 1.165) is 24.8 Å². The molecular weight excluding hydrogens is 472 g/mol. The molecule has 0 unspecified atom stereocenters. The predicted molar refractivity (Wildman–Crippen MR) is 136 cm³/mol. The van der Waals surface area contributed by atoms with Crippen LogP contribution in [0, 0.1) is 16.6 Å². The zero-order chi connectivity index (χ0) is 24.9. The van der Waals surface area contributed by atoms with Crippen molar-refractivity contribution in [3.63, 3.8) is 0 Å². The van der Waals surface area contributed by atoms with Gasteiger partial charge in [-0.2, -0.15) is 0 Å². The van der Waals surface area contributed by atoms with E-state index in [1.54, 1.807) is 0 Å². The van der Waals surface area contributed by atoms with E-state index in [1.807, 2.05) is 45.0 Å². The average molecular weight is 509 g/mol. The van der Waals surface area contributed by atoms with E-state index < -0.39 is 19.8 Å². The number of hydrogen-bond acceptors (Lipinski definition) is 6. The minimum absolute atomic E-state index is 0.00274. The molecule has 0 saturated carbocycles. The number of ether oxygens (including phenoxy) is 2. The van der Waals surface area contributed by atoms with Crippen molar-refractivity contribution in [3.05, 3.63) is 48.0 Å². The number of benzene rings is 2. The van der Waals surface area contributed by atoms with E-state index in [1.165, 1.54) is 28.8 Å². The second-order valence-corrected chi connectivity index (χ2v) is 13.3. The van der Waals surface area contributed by atoms with Crippen molar-refractivity contribution in [1.29, 1.82) is 4.78 Å². The Balaban J connectivity index is 1.97. The van der Waals surface area contributed by atoms with Crippen LogP contribution in [0.1, 0.15) is 39.2 Å². The van der Waals surface area contributed by atoms with Gasteiger partial charge in [0.1, 0.15) is 5.75 Å². The van der Waals surface area contributed by atoms with E-state index in [0.29, 0.717) is 43.7 Å². The Labute approximate surface area is 204 Å². The number of anilines is 1. The van der Waals surface area contributed by atoms with Crippen LogP contribution in [0.15, 0.2) is 52.3 Å². The highest BCUT2D eigenvalue weighted by Gasteiger charge is 2.28. The van der Waals surface area contributed by atoms with Gasteiger partial charge >= 0.3 is 0 Å². The quantitative estimate of drug-likeness (QED) is 0.490. The van der Waals surface area contributed by atoms with Gasteiger partial charge in [-0.3, -0.25) is 4.31 Å². The Morgan fingerprint density at radius 1 is 1.09 bits per heavy atom. The summed E-state index contributed by atoms with van der Waals surface area (Å²) in [5, 5.41) is 0. The second-order valence-electron chi connectivity index (χ2n) is 9.27. The molecule has 1 atom stereocenters. The molecule has 0 aliphatic carbocycles. The summed E-state index contributed by atoms with van der Waals surface area (Å²) in [6.07, 6.45) is 3.91. The molecule has 1 aliphatic heterocycles. The van der Waals surface area contributed by atoms with Crippen molar-refractivity contribution < 1.29 is 22.1 Å². The highest BCUT2D eigenvalue weighted by atomic mass is 32.2. The minimum Gasteiger partial charge on any atom is -0.492 e. The Morgan fingerprint density at radius 2 is 1.74 bits per heavy atom. The van der Waals surface area contributed by atoms with Crippen LogP contribution in [0.25, 0.3) is 0 Å². The van der Waals surface area contributed by atoms with Crippen LogP contribution in [-0.4, -0.2) is 45.2 Å². The minimum atomic E-state index is -3.95. The Morgan fingerprint density at radius 3 is 2.29 bits per heavy atom. The Kier molecular flexibility index (Phi) is 8.65. The van der Waals surface area contributed by atoms with Crippen LogP contribution in [0.3, 0.4) is 0 Å². The molecule has 1 fully saturated rings. The summed E-state index contributed by atoms with van der Waals surface area (Å²) in [6, 6.07) is 11.9. The van der Waals surface area contributed by atoms with Gasteiger partial charge in [-0.25, -0.2) is 17.4 Å². The molecule has 2 aromatic carbocycles. The zero-order valence-electron chi connectivity index (χ0n) is 20.5. The van der Waals surface area contributed by atoms with Crippen molar-refractivity contribution in [1.82, 2.24) is 0 Å². The summed E-state index contributed by atoms with van der Waals surface area (Å²) < 4.78 is 61.2. The molecular formula is C25H36N2O5S2. The summed E-state index contributed by atoms with van der Waals surface area (Å²) in [4.78, 5) is 0.106. The summed E-state index contributed by atoms with van der Waals surface area (Å²) in [7, 11) is -7.18. The summed E-state index contributed by atoms with van der Waals surface area (Å²) in [6.45, 7) is 8.06. The summed E-state index contributed by atoms with van der Waals surface area (Å²) in [5.74, 6) is 0.709. The smallest absolute Gasteiger partial charge is 0.264 e. The molecule has 3 rings (SSSR count). The fourth-order valence-corrected chi connectivity index (χ4v) is 6.48. The van der Waals surface area contributed by atoms with E-state index in [-0.39, 0.29) is 15.7 Å². The lowest BCUT2D eigenvalue weighted by molar-refractivity contribution is 0.0493. The number of rotatable bonds is 10. The third-order valence-corrected chi connectivity index (χ3v) is 8.85. The van der Waals surface area contributed by atoms with E-state index in [4.69, 9.17) is 14.3 Å². The number of sulfonamides is 1. The molecule has 0 amide bonds. The first-order chi connectivity index (χ1) is 16.0. The largest absolute Gasteiger partial charge is 0.492 e. The molecule has 0 bridgehead atoms. The van der Waals surface area contributed by atoms with Gasteiger partial charge in [-0.15, -0.1) is 0 Å². The van der Waals surface area contributed by atoms with Gasteiger partial charge in [-0.05, 0) is 67.0 Å². The number of nitrogens with one attached hydrogen (secondary N) is 1. The lowest BCUT2D eigenvalue weighted by Crippen LogP contribution is -2.34. The maximum Gasteiger partial charge on any atom is 0.264 e. The molecule has 0 aromatic heterocycles. The van der Waals surface area contributed by atoms with Crippen molar-refractivity contribution in [2.45, 2.75) is 49.8 Å². The SMILES string of the molecule is CCc1ccc(N(CC(C)C)S(=O)(=O)c2ccc(OCC3CCOCC3)c([S@@](C)(=N)=O)c2)cc1. The van der Waals surface area contributed by atoms with Crippen LogP contribution in [0.5, 0.6) is 5.75 Å². The third kappa shape index (κ3) is 6.52. The van der Waals surface area contributed by atoms with Crippen molar-refractivity contribution >= 4 is 25.4 Å². The van der Waals surface area contributed by atoms with Gasteiger partial charge in [0, 0.05) is 26.0 Å². The van der Waals surface area contributed by atoms with Gasteiger partial charge in [0.05, 0.1) is 31.8 Å². The number of nitrogens with zero attached hydrogens (tertiary/aromatic N) is 1. The zero-order valence-corrected chi connectivity index (χ0v) is 22.1. The molecule has 34 heavy (non-hydrogen) atoms. The lowest BCUT2D eigenvalue weighted by Gasteiger charge is -2.27. The van der Waals surface area contributed by atoms with Gasteiger partial charge < -0.3 is 9.47 Å². The first-order valence-electron chi connectivity index (χ1n) is 11.7. The lowest BCUT2D eigenvalue weighted by atomic mass is 10.0. The molecule has 1 heterocycles. The van der Waals surface area contributed by atoms with Crippen LogP contribution in [-0.2, 0) is 30.9 Å². The molecule has 0 radical (unpaired) electrons. The topological polar surface area (TPSA) is 96.8 Å². The van der Waals surface area contributed by atoms with Crippen LogP contribution in [0.2, 0.25) is 0 Å². The first kappa shape index (κ1) is 26.5. The van der Waals surface area contributed by atoms with Crippen molar-refractivity contribution in [2.75, 3.05) is 36.9 Å². The van der Waals surface area contributed by atoms with E-state index >= 15 is 0 Å². The number of hydrogen-bond donors (Lipinski definition) is 1. The first-order valence-corrected chi connectivity index (χ1v) is 15.1. The molecule has 1 aliphatic rings. The van der Waals surface area contributed by atoms with Crippen LogP contribution >= 0.6 is 0 Å². The van der Waals surface area contributed by atoms with Crippen molar-refractivity contribution in [3.8, 4) is 5.75 Å². The van der Waals surface area contributed by atoms with Crippen LogP contribution in [0.4, 0.5) is 5.69 Å². The molecule has 2 aromatic rings. The molecule has 7 nitrogen and oxygen atoms in total. The molecule has 0 spiro atoms. The molecule has 1 saturated heterocycles. The molecule has 188 valence electrons. The van der Waals surface area contributed by atoms with E-state index in [2.05, 4.69) is 0 Å². The maximum atomic E-state index is 13.7. The standard InChI is InChI=1S/C25H36N2O5S2/c1-5-20-6-8-22(9-7-20)27(17-19(2)3)34(29,30)23-10-11-24(25(16-23)33(4,26)28)32-18-21-12-14-31-15-13-21/h6-11,16,19,21,26H,5,12-15,17-18H2,1-4H3/t33-/m0/s1. The maximum absolute atomic E-state index is 13.7. The predicted octanol–water partition coefficient (Wildman–Crippen LogP) is 4.94. The van der Waals surface area contributed by atoms with Gasteiger partial charge in [-0.1, -0.05) is 32.9 Å². The second kappa shape index (κ2) is 11.1. The number of aryl methyl sites for hydroxylation is 1. The Bertz CT molecular complexity index is 1170. The molecule has 9 heteroatoms. The van der Waals surface area contributed by atoms with Crippen LogP contribution < -0.4 is 9.04 Å². The van der Waals surface area contributed by atoms with Gasteiger partial charge in [0.15, 0.2) is 0 Å². The van der Waals surface area contributed by atoms with Crippen molar-refractivity contribution in [2.24, 2.45) is 11.8 Å². The summed E-state index contributed by atoms with van der Waals surface area (Å²) >= 11 is 0. The summed E-state index contributed by atoms with van der Waals surface area (Å²) in [5.41, 5.74) is 1.70. The highest BCUT2D eigenvalue weighted by Crippen LogP contribution is 2.32. The van der Waals surface area contributed by atoms with Gasteiger partial charge in [0.2, 0.25) is 0 Å². The average Bonchev–Trinajstić information content (AvgIpc) is 2.81. The Hall–Kier alpha value is -2.10. The van der Waals surface area contributed by atoms with E-state index in [9.17, 15) is 12.6 Å². The molecule has 1 N–H and O–H groups in total. The highest BCUT2D eigenvalue weighted by molar-refractivity contribution is 7.93. The van der Waals surface area contributed by atoms with Gasteiger partial charge in [0.25, 0.3) is 10.0 Å². The fourth-order valence-electron chi connectivity index (χ4n) is 3.89. The normalized spacial score (nSPS) is 16.9. The fraction of sp³-hybridized carbons (Fsp3) is 0.520. The monoisotopic (exact) mass is 508 g/mol.